The van der Waals surface area contributed by atoms with Gasteiger partial charge >= 0.3 is 0 Å². The van der Waals surface area contributed by atoms with Crippen LogP contribution in [0.4, 0.5) is 5.82 Å². The van der Waals surface area contributed by atoms with Crippen LogP contribution in [0.5, 0.6) is 0 Å². The average Bonchev–Trinajstić information content (AvgIpc) is 3.26. The van der Waals surface area contributed by atoms with Crippen LogP contribution < -0.4 is 4.90 Å². The molecule has 5 heterocycles. The van der Waals surface area contributed by atoms with E-state index in [2.05, 4.69) is 21.8 Å². The zero-order chi connectivity index (χ0) is 23.8. The molecule has 6 rings (SSSR count). The van der Waals surface area contributed by atoms with Crippen molar-refractivity contribution in [2.24, 2.45) is 7.05 Å². The zero-order valence-corrected chi connectivity index (χ0v) is 19.5. The lowest BCUT2D eigenvalue weighted by molar-refractivity contribution is 0.0987. The summed E-state index contributed by atoms with van der Waals surface area (Å²) < 4.78 is 7.69. The van der Waals surface area contributed by atoms with Crippen LogP contribution in [-0.2, 0) is 11.8 Å². The Morgan fingerprint density at radius 1 is 0.857 bits per heavy atom. The van der Waals surface area contributed by atoms with E-state index in [-0.39, 0.29) is 6.04 Å². The highest BCUT2D eigenvalue weighted by Gasteiger charge is 2.27. The number of hydrogen-bond acceptors (Lipinski definition) is 8. The number of hydrogen-bond donors (Lipinski definition) is 0. The van der Waals surface area contributed by atoms with Crippen molar-refractivity contribution in [3.8, 4) is 34.3 Å². The summed E-state index contributed by atoms with van der Waals surface area (Å²) in [5.74, 6) is 2.77. The molecule has 1 fully saturated rings. The molecule has 9 heteroatoms. The first-order valence-corrected chi connectivity index (χ1v) is 11.6. The molecule has 1 aliphatic rings. The molecule has 1 aromatic carbocycles. The maximum atomic E-state index is 5.69. The maximum Gasteiger partial charge on any atom is 0.182 e. The van der Waals surface area contributed by atoms with E-state index in [0.717, 1.165) is 40.5 Å². The monoisotopic (exact) mass is 464 g/mol. The van der Waals surface area contributed by atoms with Crippen molar-refractivity contribution in [2.45, 2.75) is 13.0 Å². The number of pyridine rings is 1. The average molecular weight is 465 g/mol. The summed E-state index contributed by atoms with van der Waals surface area (Å²) in [6.45, 7) is 4.14. The number of aromatic nitrogens is 7. The molecule has 0 N–H and O–H groups in total. The molecule has 174 valence electrons. The van der Waals surface area contributed by atoms with E-state index in [1.54, 1.807) is 18.6 Å². The summed E-state index contributed by atoms with van der Waals surface area (Å²) in [6.07, 6.45) is 5.28. The lowest BCUT2D eigenvalue weighted by Crippen LogP contribution is -2.44. The van der Waals surface area contributed by atoms with Gasteiger partial charge in [0.1, 0.15) is 11.5 Å². The molecular weight excluding hydrogens is 440 g/mol. The Hall–Kier alpha value is -4.24. The van der Waals surface area contributed by atoms with Crippen LogP contribution in [0.1, 0.15) is 6.92 Å². The van der Waals surface area contributed by atoms with Crippen molar-refractivity contribution in [1.29, 1.82) is 0 Å². The molecule has 1 aliphatic heterocycles. The van der Waals surface area contributed by atoms with Crippen LogP contribution >= 0.6 is 0 Å². The smallest absolute Gasteiger partial charge is 0.182 e. The number of aryl methyl sites for hydroxylation is 1. The van der Waals surface area contributed by atoms with E-state index < -0.39 is 0 Å². The van der Waals surface area contributed by atoms with E-state index in [9.17, 15) is 0 Å². The summed E-state index contributed by atoms with van der Waals surface area (Å²) in [6, 6.07) is 15.8. The van der Waals surface area contributed by atoms with Gasteiger partial charge in [-0.25, -0.2) is 24.9 Å². The molecule has 0 spiro atoms. The van der Waals surface area contributed by atoms with E-state index in [1.807, 2.05) is 60.1 Å². The van der Waals surface area contributed by atoms with Gasteiger partial charge in [-0.3, -0.25) is 4.98 Å². The van der Waals surface area contributed by atoms with Gasteiger partial charge in [-0.05, 0) is 25.1 Å². The number of fused-ring (bicyclic) bond motifs is 1. The van der Waals surface area contributed by atoms with Crippen molar-refractivity contribution in [2.75, 3.05) is 24.7 Å². The molecule has 0 saturated carbocycles. The third kappa shape index (κ3) is 3.89. The molecule has 0 amide bonds. The fourth-order valence-corrected chi connectivity index (χ4v) is 4.37. The van der Waals surface area contributed by atoms with Crippen LogP contribution in [0.25, 0.3) is 45.5 Å². The summed E-state index contributed by atoms with van der Waals surface area (Å²) in [5.41, 5.74) is 4.08. The van der Waals surface area contributed by atoms with Crippen LogP contribution in [-0.4, -0.2) is 60.3 Å². The highest BCUT2D eigenvalue weighted by Crippen LogP contribution is 2.32. The van der Waals surface area contributed by atoms with Crippen LogP contribution in [0.15, 0.2) is 67.1 Å². The number of imidazole rings is 1. The Kier molecular flexibility index (Phi) is 5.38. The fraction of sp³-hybridized carbons (Fsp3) is 0.231. The van der Waals surface area contributed by atoms with Crippen molar-refractivity contribution >= 4 is 17.0 Å². The predicted octanol–water partition coefficient (Wildman–Crippen LogP) is 3.77. The van der Waals surface area contributed by atoms with Gasteiger partial charge in [-0.2, -0.15) is 0 Å². The van der Waals surface area contributed by atoms with Gasteiger partial charge in [0.15, 0.2) is 28.6 Å². The molecule has 0 aliphatic carbocycles. The Labute approximate surface area is 202 Å². The summed E-state index contributed by atoms with van der Waals surface area (Å²) in [4.78, 5) is 30.6. The fourth-order valence-electron chi connectivity index (χ4n) is 4.37. The van der Waals surface area contributed by atoms with E-state index in [0.29, 0.717) is 30.6 Å². The van der Waals surface area contributed by atoms with Gasteiger partial charge < -0.3 is 14.2 Å². The molecule has 35 heavy (non-hydrogen) atoms. The molecule has 0 bridgehead atoms. The van der Waals surface area contributed by atoms with Crippen molar-refractivity contribution in [3.63, 3.8) is 0 Å². The molecule has 5 aromatic rings. The summed E-state index contributed by atoms with van der Waals surface area (Å²) >= 11 is 0. The molecular formula is C26H24N8O. The molecule has 1 unspecified atom stereocenters. The summed E-state index contributed by atoms with van der Waals surface area (Å²) in [5, 5.41) is 0. The van der Waals surface area contributed by atoms with Gasteiger partial charge in [0.05, 0.1) is 19.3 Å². The Morgan fingerprint density at radius 3 is 2.49 bits per heavy atom. The molecule has 1 saturated heterocycles. The largest absolute Gasteiger partial charge is 0.377 e. The molecule has 9 nitrogen and oxygen atoms in total. The number of ether oxygens (including phenoxy) is 1. The standard InChI is InChI=1S/C26H24N8O/c1-17-16-35-15-14-34(17)26-21-25(33(2)24(30-21)19-8-11-27-12-9-19)31-23(32-26)20-10-13-28-22(29-20)18-6-4-3-5-7-18/h3-13,17H,14-16H2,1-2H3. The summed E-state index contributed by atoms with van der Waals surface area (Å²) in [7, 11) is 1.98. The first kappa shape index (κ1) is 21.3. The lowest BCUT2D eigenvalue weighted by atomic mass is 10.2. The number of anilines is 1. The number of benzene rings is 1. The molecule has 0 radical (unpaired) electrons. The van der Waals surface area contributed by atoms with Gasteiger partial charge in [-0.1, -0.05) is 30.3 Å². The highest BCUT2D eigenvalue weighted by atomic mass is 16.5. The third-order valence-corrected chi connectivity index (χ3v) is 6.20. The lowest BCUT2D eigenvalue weighted by Gasteiger charge is -2.34. The van der Waals surface area contributed by atoms with E-state index in [4.69, 9.17) is 24.7 Å². The first-order valence-electron chi connectivity index (χ1n) is 11.6. The van der Waals surface area contributed by atoms with Crippen molar-refractivity contribution in [3.05, 3.63) is 67.1 Å². The zero-order valence-electron chi connectivity index (χ0n) is 19.5. The second kappa shape index (κ2) is 8.84. The SMILES string of the molecule is CC1COCCN1c1nc(-c2ccnc(-c3ccccc3)n2)nc2c1nc(-c1ccncc1)n2C. The minimum Gasteiger partial charge on any atom is -0.377 e. The topological polar surface area (TPSA) is 94.7 Å². The minimum atomic E-state index is 0.159. The van der Waals surface area contributed by atoms with Crippen molar-refractivity contribution in [1.82, 2.24) is 34.5 Å². The second-order valence-corrected chi connectivity index (χ2v) is 8.52. The quantitative estimate of drug-likeness (QED) is 0.397. The van der Waals surface area contributed by atoms with Crippen LogP contribution in [0.3, 0.4) is 0 Å². The maximum absolute atomic E-state index is 5.69. The Bertz CT molecular complexity index is 1490. The highest BCUT2D eigenvalue weighted by molar-refractivity contribution is 5.88. The van der Waals surface area contributed by atoms with Crippen LogP contribution in [0, 0.1) is 0 Å². The molecule has 4 aromatic heterocycles. The number of nitrogens with zero attached hydrogens (tertiary/aromatic N) is 8. The van der Waals surface area contributed by atoms with Gasteiger partial charge in [-0.15, -0.1) is 0 Å². The normalized spacial score (nSPS) is 16.1. The predicted molar refractivity (Wildman–Crippen MR) is 134 cm³/mol. The minimum absolute atomic E-state index is 0.159. The molecule has 1 atom stereocenters. The van der Waals surface area contributed by atoms with Gasteiger partial charge in [0.25, 0.3) is 0 Å². The Morgan fingerprint density at radius 2 is 1.69 bits per heavy atom. The number of morpholine rings is 1. The second-order valence-electron chi connectivity index (χ2n) is 8.52. The Balaban J connectivity index is 1.55. The van der Waals surface area contributed by atoms with Gasteiger partial charge in [0, 0.05) is 43.3 Å². The number of rotatable bonds is 4. The van der Waals surface area contributed by atoms with Crippen LogP contribution in [0.2, 0.25) is 0 Å². The van der Waals surface area contributed by atoms with E-state index >= 15 is 0 Å². The first-order chi connectivity index (χ1) is 17.2. The van der Waals surface area contributed by atoms with Crippen molar-refractivity contribution < 1.29 is 4.74 Å². The van der Waals surface area contributed by atoms with Gasteiger partial charge in [0.2, 0.25) is 0 Å². The van der Waals surface area contributed by atoms with E-state index in [1.165, 1.54) is 0 Å². The third-order valence-electron chi connectivity index (χ3n) is 6.20.